The number of unbranched alkanes of at least 4 members (excludes halogenated alkanes) is 3. The van der Waals surface area contributed by atoms with Crippen LogP contribution in [-0.2, 0) is 6.54 Å². The van der Waals surface area contributed by atoms with Crippen molar-refractivity contribution in [2.24, 2.45) is 5.92 Å². The summed E-state index contributed by atoms with van der Waals surface area (Å²) >= 11 is 5.22. The highest BCUT2D eigenvalue weighted by Gasteiger charge is 1.97. The molecule has 0 bridgehead atoms. The predicted molar refractivity (Wildman–Crippen MR) is 72.3 cm³/mol. The molecular formula is C13H24N2S. The predicted octanol–water partition coefficient (Wildman–Crippen LogP) is 4.46. The summed E-state index contributed by atoms with van der Waals surface area (Å²) in [6.07, 6.45) is 8.76. The zero-order valence-corrected chi connectivity index (χ0v) is 11.6. The summed E-state index contributed by atoms with van der Waals surface area (Å²) in [5.74, 6) is 0.848. The minimum Gasteiger partial charge on any atom is -0.335 e. The summed E-state index contributed by atoms with van der Waals surface area (Å²) in [5, 5.41) is 0. The lowest BCUT2D eigenvalue weighted by Gasteiger charge is -2.04. The average molecular weight is 240 g/mol. The molecule has 0 atom stereocenters. The molecule has 1 heterocycles. The zero-order valence-electron chi connectivity index (χ0n) is 10.8. The standard InChI is InChI=1S/C13H24N2S/c1-11(2)8-6-4-5-7-9-15-10-12(3)14-13(15)16/h10-11H,4-9H2,1-3H3,(H,14,16). The van der Waals surface area contributed by atoms with Gasteiger partial charge in [-0.05, 0) is 31.5 Å². The van der Waals surface area contributed by atoms with E-state index < -0.39 is 0 Å². The van der Waals surface area contributed by atoms with E-state index in [2.05, 4.69) is 36.5 Å². The summed E-state index contributed by atoms with van der Waals surface area (Å²) in [6.45, 7) is 7.70. The molecule has 0 aliphatic heterocycles. The molecule has 92 valence electrons. The molecule has 0 radical (unpaired) electrons. The lowest BCUT2D eigenvalue weighted by molar-refractivity contribution is 0.505. The van der Waals surface area contributed by atoms with E-state index in [0.29, 0.717) is 0 Å². The third kappa shape index (κ3) is 4.97. The Morgan fingerprint density at radius 3 is 2.50 bits per heavy atom. The second kappa shape index (κ2) is 6.89. The molecule has 0 aromatic carbocycles. The normalized spacial score (nSPS) is 11.2. The summed E-state index contributed by atoms with van der Waals surface area (Å²) in [7, 11) is 0. The quantitative estimate of drug-likeness (QED) is 0.551. The maximum Gasteiger partial charge on any atom is 0.177 e. The molecule has 0 amide bonds. The zero-order chi connectivity index (χ0) is 12.0. The molecular weight excluding hydrogens is 216 g/mol. The van der Waals surface area contributed by atoms with Crippen LogP contribution in [0.1, 0.15) is 51.6 Å². The van der Waals surface area contributed by atoms with Gasteiger partial charge in [-0.1, -0.05) is 39.5 Å². The van der Waals surface area contributed by atoms with Crippen molar-refractivity contribution in [2.45, 2.75) is 59.4 Å². The third-order valence-electron chi connectivity index (χ3n) is 2.84. The minimum atomic E-state index is 0.848. The summed E-state index contributed by atoms with van der Waals surface area (Å²) in [5.41, 5.74) is 1.16. The van der Waals surface area contributed by atoms with Crippen LogP contribution in [0.3, 0.4) is 0 Å². The van der Waals surface area contributed by atoms with Gasteiger partial charge in [0.1, 0.15) is 0 Å². The molecule has 0 aliphatic rings. The van der Waals surface area contributed by atoms with E-state index in [-0.39, 0.29) is 0 Å². The molecule has 1 rings (SSSR count). The van der Waals surface area contributed by atoms with Gasteiger partial charge < -0.3 is 9.55 Å². The summed E-state index contributed by atoms with van der Waals surface area (Å²) < 4.78 is 3.01. The van der Waals surface area contributed by atoms with Crippen molar-refractivity contribution >= 4 is 12.2 Å². The molecule has 3 heteroatoms. The molecule has 1 aromatic heterocycles. The molecule has 16 heavy (non-hydrogen) atoms. The van der Waals surface area contributed by atoms with E-state index in [0.717, 1.165) is 22.9 Å². The fraction of sp³-hybridized carbons (Fsp3) is 0.769. The molecule has 0 spiro atoms. The molecule has 1 aromatic rings. The number of H-pyrrole nitrogens is 1. The van der Waals surface area contributed by atoms with E-state index in [4.69, 9.17) is 12.2 Å². The second-order valence-electron chi connectivity index (χ2n) is 5.03. The SMILES string of the molecule is Cc1cn(CCCCCCC(C)C)c(=S)[nH]1. The van der Waals surface area contributed by atoms with Crippen molar-refractivity contribution in [3.05, 3.63) is 16.7 Å². The van der Waals surface area contributed by atoms with Crippen molar-refractivity contribution < 1.29 is 0 Å². The molecule has 0 saturated carbocycles. The highest BCUT2D eigenvalue weighted by atomic mass is 32.1. The van der Waals surface area contributed by atoms with Gasteiger partial charge in [0.05, 0.1) is 0 Å². The largest absolute Gasteiger partial charge is 0.335 e. The van der Waals surface area contributed by atoms with Gasteiger partial charge in [-0.2, -0.15) is 0 Å². The first-order valence-corrected chi connectivity index (χ1v) is 6.76. The van der Waals surface area contributed by atoms with Crippen molar-refractivity contribution in [3.8, 4) is 0 Å². The Hall–Kier alpha value is -0.570. The van der Waals surface area contributed by atoms with E-state index in [1.807, 2.05) is 0 Å². The Labute approximate surface area is 104 Å². The first kappa shape index (κ1) is 13.5. The molecule has 0 saturated heterocycles. The Morgan fingerprint density at radius 2 is 1.94 bits per heavy atom. The molecule has 2 nitrogen and oxygen atoms in total. The second-order valence-corrected chi connectivity index (χ2v) is 5.42. The van der Waals surface area contributed by atoms with Crippen LogP contribution in [0.2, 0.25) is 0 Å². The number of imidazole rings is 1. The molecule has 0 unspecified atom stereocenters. The Kier molecular flexibility index (Phi) is 5.81. The van der Waals surface area contributed by atoms with E-state index in [1.165, 1.54) is 32.1 Å². The highest BCUT2D eigenvalue weighted by Crippen LogP contribution is 2.10. The maximum absolute atomic E-state index is 5.22. The van der Waals surface area contributed by atoms with Crippen molar-refractivity contribution in [2.75, 3.05) is 0 Å². The van der Waals surface area contributed by atoms with Gasteiger partial charge in [-0.25, -0.2) is 0 Å². The van der Waals surface area contributed by atoms with E-state index >= 15 is 0 Å². The van der Waals surface area contributed by atoms with Gasteiger partial charge in [-0.3, -0.25) is 0 Å². The number of nitrogens with one attached hydrogen (secondary N) is 1. The highest BCUT2D eigenvalue weighted by molar-refractivity contribution is 7.71. The van der Waals surface area contributed by atoms with Crippen LogP contribution in [0.5, 0.6) is 0 Å². The number of nitrogens with zero attached hydrogens (tertiary/aromatic N) is 1. The lowest BCUT2D eigenvalue weighted by Crippen LogP contribution is -1.96. The van der Waals surface area contributed by atoms with Gasteiger partial charge in [-0.15, -0.1) is 0 Å². The number of aromatic nitrogens is 2. The van der Waals surface area contributed by atoms with Gasteiger partial charge in [0.15, 0.2) is 4.77 Å². The molecule has 1 N–H and O–H groups in total. The van der Waals surface area contributed by atoms with Crippen molar-refractivity contribution in [3.63, 3.8) is 0 Å². The van der Waals surface area contributed by atoms with Gasteiger partial charge >= 0.3 is 0 Å². The van der Waals surface area contributed by atoms with Crippen LogP contribution in [0, 0.1) is 17.6 Å². The third-order valence-corrected chi connectivity index (χ3v) is 3.18. The van der Waals surface area contributed by atoms with Gasteiger partial charge in [0.25, 0.3) is 0 Å². The fourth-order valence-electron chi connectivity index (χ4n) is 1.92. The molecule has 0 fully saturated rings. The minimum absolute atomic E-state index is 0.848. The number of hydrogen-bond donors (Lipinski definition) is 1. The molecule has 0 aliphatic carbocycles. The number of aryl methyl sites for hydroxylation is 2. The summed E-state index contributed by atoms with van der Waals surface area (Å²) in [6, 6.07) is 0. The van der Waals surface area contributed by atoms with Crippen LogP contribution in [0.25, 0.3) is 0 Å². The van der Waals surface area contributed by atoms with Gasteiger partial charge in [0.2, 0.25) is 0 Å². The Morgan fingerprint density at radius 1 is 1.25 bits per heavy atom. The average Bonchev–Trinajstić information content (AvgIpc) is 2.50. The summed E-state index contributed by atoms with van der Waals surface area (Å²) in [4.78, 5) is 3.15. The monoisotopic (exact) mass is 240 g/mol. The maximum atomic E-state index is 5.22. The van der Waals surface area contributed by atoms with Crippen LogP contribution < -0.4 is 0 Å². The lowest BCUT2D eigenvalue weighted by atomic mass is 10.0. The van der Waals surface area contributed by atoms with Crippen molar-refractivity contribution in [1.82, 2.24) is 9.55 Å². The van der Waals surface area contributed by atoms with E-state index in [9.17, 15) is 0 Å². The first-order valence-electron chi connectivity index (χ1n) is 6.35. The van der Waals surface area contributed by atoms with Crippen LogP contribution in [0.4, 0.5) is 0 Å². The smallest absolute Gasteiger partial charge is 0.177 e. The fourth-order valence-corrected chi connectivity index (χ4v) is 2.22. The number of aromatic amines is 1. The van der Waals surface area contributed by atoms with Crippen LogP contribution in [0.15, 0.2) is 6.20 Å². The topological polar surface area (TPSA) is 20.7 Å². The number of rotatable bonds is 7. The van der Waals surface area contributed by atoms with Crippen LogP contribution >= 0.6 is 12.2 Å². The Balaban J connectivity index is 2.12. The Bertz CT molecular complexity index is 349. The van der Waals surface area contributed by atoms with Gasteiger partial charge in [0, 0.05) is 18.4 Å². The first-order chi connectivity index (χ1) is 7.59. The van der Waals surface area contributed by atoms with E-state index in [1.54, 1.807) is 0 Å². The van der Waals surface area contributed by atoms with Crippen LogP contribution in [-0.4, -0.2) is 9.55 Å². The number of hydrogen-bond acceptors (Lipinski definition) is 1. The van der Waals surface area contributed by atoms with Crippen molar-refractivity contribution in [1.29, 1.82) is 0 Å².